The fraction of sp³-hybridized carbons (Fsp3) is 0.102. The number of anilines is 3. The molecule has 0 saturated heterocycles. The number of rotatable bonds is 8. The molecule has 1 nitrogen and oxygen atoms in total. The monoisotopic (exact) mass is 872 g/mol. The molecule has 7 aromatic carbocycles. The van der Waals surface area contributed by atoms with Gasteiger partial charge in [0.05, 0.1) is 7.92 Å². The largest absolute Gasteiger partial charge is 1.00 e. The molecule has 52 heavy (non-hydrogen) atoms. The Kier molecular flexibility index (Phi) is 12.1. The van der Waals surface area contributed by atoms with Crippen LogP contribution in [-0.2, 0) is 27.8 Å². The molecule has 0 amide bonds. The predicted octanol–water partition coefficient (Wildman–Crippen LogP) is 11.4. The van der Waals surface area contributed by atoms with E-state index in [-0.39, 0.29) is 27.8 Å². The normalized spacial score (nSPS) is 12.0. The molecular weight excluding hydrogens is 830 g/mol. The Bertz CT molecular complexity index is 2090. The molecule has 0 bridgehead atoms. The Balaban J connectivity index is 0.000000198. The van der Waals surface area contributed by atoms with Crippen LogP contribution in [0.3, 0.4) is 0 Å². The van der Waals surface area contributed by atoms with Crippen molar-refractivity contribution >= 4 is 40.9 Å². The summed E-state index contributed by atoms with van der Waals surface area (Å²) in [6, 6.07) is 66.9. The van der Waals surface area contributed by atoms with Gasteiger partial charge in [-0.2, -0.15) is 0 Å². The molecular formula is C49H42AuNP+. The van der Waals surface area contributed by atoms with Gasteiger partial charge in [-0.15, -0.1) is 17.7 Å². The van der Waals surface area contributed by atoms with E-state index < -0.39 is 7.92 Å². The van der Waals surface area contributed by atoms with Crippen molar-refractivity contribution in [3.05, 3.63) is 211 Å². The third kappa shape index (κ3) is 7.36. The summed E-state index contributed by atoms with van der Waals surface area (Å²) in [4.78, 5) is 2.33. The summed E-state index contributed by atoms with van der Waals surface area (Å²) in [5.41, 5.74) is 9.57. The van der Waals surface area contributed by atoms with Gasteiger partial charge in [0.1, 0.15) is 15.9 Å². The maximum absolute atomic E-state index is 7.64. The van der Waals surface area contributed by atoms with Gasteiger partial charge in [-0.05, 0) is 108 Å². The summed E-state index contributed by atoms with van der Waals surface area (Å²) >= 11 is 0. The standard InChI is InChI=1S/C31H26N.C18H15P.Au/c1-4-23-17-19-27-28-20-18-26(22-30(28)31(5-2,6-3)29(27)21-23)32(24-13-9-7-10-14-24)25-15-11-8-12-16-25;1-4-10-16(11-5-1)19(17-12-6-2-7-13-17)18-14-8-3-9-15-18;/h7-22H,5-6H2,2-3H3;1-15H;/q-1;;+1/p+1. The van der Waals surface area contributed by atoms with E-state index in [2.05, 4.69) is 207 Å². The first kappa shape index (κ1) is 36.8. The van der Waals surface area contributed by atoms with E-state index in [0.717, 1.165) is 29.8 Å². The van der Waals surface area contributed by atoms with Gasteiger partial charge in [0.15, 0.2) is 0 Å². The van der Waals surface area contributed by atoms with Crippen molar-refractivity contribution in [3.63, 3.8) is 0 Å². The van der Waals surface area contributed by atoms with Crippen molar-refractivity contribution in [3.8, 4) is 17.0 Å². The van der Waals surface area contributed by atoms with Gasteiger partial charge in [0.2, 0.25) is 0 Å². The third-order valence-corrected chi connectivity index (χ3v) is 12.9. The van der Waals surface area contributed by atoms with Gasteiger partial charge in [-0.25, -0.2) is 0 Å². The van der Waals surface area contributed by atoms with Crippen molar-refractivity contribution in [2.75, 3.05) is 4.90 Å². The predicted molar refractivity (Wildman–Crippen MR) is 221 cm³/mol. The van der Waals surface area contributed by atoms with Crippen LogP contribution in [0.15, 0.2) is 188 Å². The second-order valence-electron chi connectivity index (χ2n) is 12.9. The first-order valence-electron chi connectivity index (χ1n) is 17.8. The Morgan fingerprint density at radius 1 is 0.481 bits per heavy atom. The van der Waals surface area contributed by atoms with E-state index in [1.807, 2.05) is 6.07 Å². The molecule has 0 saturated carbocycles. The summed E-state index contributed by atoms with van der Waals surface area (Å²) < 4.78 is 0. The minimum atomic E-state index is -0.877. The molecule has 0 unspecified atom stereocenters. The Labute approximate surface area is 326 Å². The quantitative estimate of drug-likeness (QED) is 0.0636. The van der Waals surface area contributed by atoms with Gasteiger partial charge in [0.25, 0.3) is 0 Å². The number of fused-ring (bicyclic) bond motifs is 3. The Hall–Kier alpha value is -4.93. The zero-order valence-corrected chi connectivity index (χ0v) is 32.7. The molecule has 0 radical (unpaired) electrons. The van der Waals surface area contributed by atoms with Crippen molar-refractivity contribution in [1.29, 1.82) is 0 Å². The van der Waals surface area contributed by atoms with Gasteiger partial charge < -0.3 is 11.3 Å². The molecule has 0 heterocycles. The van der Waals surface area contributed by atoms with E-state index in [1.165, 1.54) is 43.9 Å². The molecule has 258 valence electrons. The van der Waals surface area contributed by atoms with E-state index in [9.17, 15) is 0 Å². The molecule has 0 aliphatic heterocycles. The second kappa shape index (κ2) is 17.1. The third-order valence-electron chi connectivity index (χ3n) is 10.2. The van der Waals surface area contributed by atoms with Crippen molar-refractivity contribution in [1.82, 2.24) is 0 Å². The molecule has 1 aliphatic carbocycles. The summed E-state index contributed by atoms with van der Waals surface area (Å²) in [7, 11) is -0.877. The fourth-order valence-electron chi connectivity index (χ4n) is 7.63. The maximum atomic E-state index is 7.64. The van der Waals surface area contributed by atoms with Crippen LogP contribution < -0.4 is 20.8 Å². The zero-order valence-electron chi connectivity index (χ0n) is 29.6. The average Bonchev–Trinajstić information content (AvgIpc) is 3.49. The molecule has 1 aliphatic rings. The first-order valence-corrected chi connectivity index (χ1v) is 19.3. The molecule has 7 aromatic rings. The van der Waals surface area contributed by atoms with Crippen molar-refractivity contribution < 1.29 is 22.4 Å². The first-order chi connectivity index (χ1) is 25.2. The molecule has 8 rings (SSSR count). The van der Waals surface area contributed by atoms with Crippen LogP contribution in [0.25, 0.3) is 11.1 Å². The Morgan fingerprint density at radius 2 is 0.865 bits per heavy atom. The number of hydrogen-bond donors (Lipinski definition) is 0. The summed E-state index contributed by atoms with van der Waals surface area (Å²) in [5, 5.41) is 4.31. The van der Waals surface area contributed by atoms with Crippen LogP contribution in [0.4, 0.5) is 17.1 Å². The van der Waals surface area contributed by atoms with Crippen LogP contribution in [0.5, 0.6) is 0 Å². The Morgan fingerprint density at radius 3 is 1.27 bits per heavy atom. The molecule has 3 heteroatoms. The van der Waals surface area contributed by atoms with E-state index >= 15 is 0 Å². The molecule has 0 atom stereocenters. The van der Waals surface area contributed by atoms with E-state index in [1.54, 1.807) is 0 Å². The summed E-state index contributed by atoms with van der Waals surface area (Å²) in [6.07, 6.45) is 9.67. The second-order valence-corrected chi connectivity index (χ2v) is 15.4. The number of benzene rings is 7. The van der Waals surface area contributed by atoms with Crippen LogP contribution in [-0.4, -0.2) is 0 Å². The maximum Gasteiger partial charge on any atom is 1.00 e. The molecule has 0 N–H and O–H groups in total. The minimum absolute atomic E-state index is 0. The van der Waals surface area contributed by atoms with Gasteiger partial charge >= 0.3 is 22.4 Å². The molecule has 0 fully saturated rings. The zero-order chi connectivity index (χ0) is 35.0. The van der Waals surface area contributed by atoms with E-state index in [0.29, 0.717) is 0 Å². The van der Waals surface area contributed by atoms with Gasteiger partial charge in [0, 0.05) is 22.5 Å². The average molecular weight is 873 g/mol. The van der Waals surface area contributed by atoms with Gasteiger partial charge in [-0.3, -0.25) is 5.92 Å². The molecule has 0 spiro atoms. The van der Waals surface area contributed by atoms with Crippen LogP contribution in [0.2, 0.25) is 0 Å². The summed E-state index contributed by atoms with van der Waals surface area (Å²) in [5.74, 6) is 2.58. The summed E-state index contributed by atoms with van der Waals surface area (Å²) in [6.45, 7) is 4.56. The number of para-hydroxylation sites is 2. The van der Waals surface area contributed by atoms with Crippen LogP contribution >= 0.6 is 7.92 Å². The van der Waals surface area contributed by atoms with Crippen LogP contribution in [0, 0.1) is 12.3 Å². The SMILES string of the molecule is [Au+].[C-]#Cc1ccc2c(c1)C(CC)(CC)c1cc(N(c3ccccc3)c3ccccc3)ccc1-2.c1ccc([PH+](c2ccccc2)c2ccccc2)cc1. The van der Waals surface area contributed by atoms with Crippen molar-refractivity contribution in [2.24, 2.45) is 0 Å². The molecule has 0 aromatic heterocycles. The smallest absolute Gasteiger partial charge is 0.366 e. The topological polar surface area (TPSA) is 3.24 Å². The fourth-order valence-corrected chi connectivity index (χ4v) is 10.2. The van der Waals surface area contributed by atoms with Crippen molar-refractivity contribution in [2.45, 2.75) is 32.1 Å². The number of hydrogen-bond acceptors (Lipinski definition) is 1. The minimum Gasteiger partial charge on any atom is -0.366 e. The number of nitrogens with zero attached hydrogens (tertiary/aromatic N) is 1. The van der Waals surface area contributed by atoms with Crippen LogP contribution in [0.1, 0.15) is 43.4 Å². The van der Waals surface area contributed by atoms with E-state index in [4.69, 9.17) is 6.42 Å². The van der Waals surface area contributed by atoms with Gasteiger partial charge in [-0.1, -0.05) is 117 Å².